The smallest absolute Gasteiger partial charge is 0.336 e. The summed E-state index contributed by atoms with van der Waals surface area (Å²) in [6, 6.07) is 6.48. The Morgan fingerprint density at radius 2 is 1.92 bits per heavy atom. The molecular formula is C18H22N2O5S. The van der Waals surface area contributed by atoms with E-state index in [2.05, 4.69) is 0 Å². The van der Waals surface area contributed by atoms with Crippen molar-refractivity contribution in [3.63, 3.8) is 0 Å². The fourth-order valence-corrected chi connectivity index (χ4v) is 4.83. The highest BCUT2D eigenvalue weighted by Gasteiger charge is 2.40. The number of hydrogen-bond acceptors (Lipinski definition) is 5. The van der Waals surface area contributed by atoms with Crippen molar-refractivity contribution in [2.75, 3.05) is 20.1 Å². The Hall–Kier alpha value is -2.19. The Kier molecular flexibility index (Phi) is 5.15. The van der Waals surface area contributed by atoms with E-state index in [1.165, 1.54) is 34.6 Å². The second-order valence-electron chi connectivity index (χ2n) is 6.49. The van der Waals surface area contributed by atoms with E-state index in [4.69, 9.17) is 4.42 Å². The van der Waals surface area contributed by atoms with Crippen molar-refractivity contribution in [1.29, 1.82) is 0 Å². The molecule has 1 saturated heterocycles. The monoisotopic (exact) mass is 378 g/mol. The van der Waals surface area contributed by atoms with E-state index in [0.29, 0.717) is 23.9 Å². The van der Waals surface area contributed by atoms with E-state index < -0.39 is 21.7 Å². The molecule has 0 spiro atoms. The molecule has 1 atom stereocenters. The van der Waals surface area contributed by atoms with Gasteiger partial charge in [-0.15, -0.1) is 0 Å². The maximum atomic E-state index is 13.2. The average Bonchev–Trinajstić information content (AvgIpc) is 2.62. The van der Waals surface area contributed by atoms with Crippen LogP contribution in [0.15, 0.2) is 44.4 Å². The Morgan fingerprint density at radius 3 is 2.65 bits per heavy atom. The van der Waals surface area contributed by atoms with Crippen LogP contribution in [0.25, 0.3) is 11.0 Å². The molecule has 1 fully saturated rings. The normalized spacial score (nSPS) is 19.2. The zero-order chi connectivity index (χ0) is 18.9. The van der Waals surface area contributed by atoms with Crippen LogP contribution in [0, 0.1) is 0 Å². The third kappa shape index (κ3) is 3.39. The van der Waals surface area contributed by atoms with Crippen LogP contribution in [0.2, 0.25) is 0 Å². The highest BCUT2D eigenvalue weighted by Crippen LogP contribution is 2.26. The number of unbranched alkanes of at least 4 members (excludes halogenated alkanes) is 1. The molecule has 0 bridgehead atoms. The second kappa shape index (κ2) is 7.20. The molecule has 0 aliphatic carbocycles. The molecule has 2 heterocycles. The molecule has 3 rings (SSSR count). The van der Waals surface area contributed by atoms with Crippen molar-refractivity contribution < 1.29 is 17.6 Å². The number of hydrogen-bond donors (Lipinski definition) is 0. The number of carbonyl (C=O) groups is 1. The minimum absolute atomic E-state index is 0.0951. The van der Waals surface area contributed by atoms with E-state index in [0.717, 1.165) is 12.8 Å². The van der Waals surface area contributed by atoms with Gasteiger partial charge in [-0.25, -0.2) is 13.2 Å². The lowest BCUT2D eigenvalue weighted by atomic mass is 10.1. The summed E-state index contributed by atoms with van der Waals surface area (Å²) in [6.07, 6.45) is 2.16. The summed E-state index contributed by atoms with van der Waals surface area (Å²) < 4.78 is 32.7. The largest absolute Gasteiger partial charge is 0.423 e. The fraction of sp³-hybridized carbons (Fsp3) is 0.444. The van der Waals surface area contributed by atoms with Crippen molar-refractivity contribution in [3.8, 4) is 0 Å². The summed E-state index contributed by atoms with van der Waals surface area (Å²) in [6.45, 7) is 2.64. The van der Waals surface area contributed by atoms with Crippen LogP contribution in [0.5, 0.6) is 0 Å². The summed E-state index contributed by atoms with van der Waals surface area (Å²) in [5, 5.41) is 0.524. The summed E-state index contributed by atoms with van der Waals surface area (Å²) in [4.78, 5) is 25.5. The van der Waals surface area contributed by atoms with E-state index in [-0.39, 0.29) is 17.3 Å². The first-order valence-electron chi connectivity index (χ1n) is 8.65. The summed E-state index contributed by atoms with van der Waals surface area (Å²) in [5.74, 6) is -0.167. The maximum absolute atomic E-state index is 13.2. The first-order valence-corrected chi connectivity index (χ1v) is 10.1. The van der Waals surface area contributed by atoms with Crippen molar-refractivity contribution >= 4 is 26.9 Å². The van der Waals surface area contributed by atoms with Crippen molar-refractivity contribution in [2.24, 2.45) is 0 Å². The standard InChI is InChI=1S/C18H22N2O5S/c1-3-4-5-15-18(22)19(2)10-11-20(15)26(23,24)14-7-8-16-13(12-14)6-9-17(21)25-16/h6-9,12,15H,3-5,10-11H2,1-2H3. The van der Waals surface area contributed by atoms with Gasteiger partial charge in [-0.05, 0) is 30.7 Å². The van der Waals surface area contributed by atoms with Crippen LogP contribution in [-0.4, -0.2) is 49.7 Å². The molecule has 1 aliphatic heterocycles. The number of amides is 1. The molecule has 1 aromatic heterocycles. The second-order valence-corrected chi connectivity index (χ2v) is 8.38. The molecule has 0 N–H and O–H groups in total. The van der Waals surface area contributed by atoms with Gasteiger partial charge in [0, 0.05) is 31.6 Å². The molecule has 1 amide bonds. The van der Waals surface area contributed by atoms with Gasteiger partial charge >= 0.3 is 5.63 Å². The number of sulfonamides is 1. The van der Waals surface area contributed by atoms with Crippen molar-refractivity contribution in [1.82, 2.24) is 9.21 Å². The van der Waals surface area contributed by atoms with Gasteiger partial charge in [0.05, 0.1) is 4.90 Å². The highest BCUT2D eigenvalue weighted by atomic mass is 32.2. The lowest BCUT2D eigenvalue weighted by Gasteiger charge is -2.38. The molecule has 26 heavy (non-hydrogen) atoms. The van der Waals surface area contributed by atoms with E-state index in [9.17, 15) is 18.0 Å². The molecule has 1 unspecified atom stereocenters. The number of piperazine rings is 1. The maximum Gasteiger partial charge on any atom is 0.336 e. The van der Waals surface area contributed by atoms with Gasteiger partial charge in [0.2, 0.25) is 15.9 Å². The van der Waals surface area contributed by atoms with E-state index in [1.807, 2.05) is 6.92 Å². The first-order chi connectivity index (χ1) is 12.3. The molecule has 0 radical (unpaired) electrons. The number of rotatable bonds is 5. The van der Waals surface area contributed by atoms with Gasteiger partial charge in [0.25, 0.3) is 0 Å². The van der Waals surface area contributed by atoms with Gasteiger partial charge in [-0.2, -0.15) is 4.31 Å². The Bertz CT molecular complexity index is 982. The Morgan fingerprint density at radius 1 is 1.15 bits per heavy atom. The number of nitrogens with zero attached hydrogens (tertiary/aromatic N) is 2. The van der Waals surface area contributed by atoms with Crippen LogP contribution in [0.3, 0.4) is 0 Å². The average molecular weight is 378 g/mol. The van der Waals surface area contributed by atoms with Crippen LogP contribution in [-0.2, 0) is 14.8 Å². The fourth-order valence-electron chi connectivity index (χ4n) is 3.19. The molecular weight excluding hydrogens is 356 g/mol. The van der Waals surface area contributed by atoms with E-state index in [1.54, 1.807) is 11.9 Å². The number of likely N-dealkylation sites (N-methyl/N-ethyl adjacent to an activating group) is 1. The zero-order valence-electron chi connectivity index (χ0n) is 14.8. The first kappa shape index (κ1) is 18.6. The molecule has 0 saturated carbocycles. The minimum atomic E-state index is -3.83. The molecule has 7 nitrogen and oxygen atoms in total. The number of benzene rings is 1. The molecule has 1 aromatic carbocycles. The number of fused-ring (bicyclic) bond motifs is 1. The lowest BCUT2D eigenvalue weighted by molar-refractivity contribution is -0.137. The predicted octanol–water partition coefficient (Wildman–Crippen LogP) is 1.81. The lowest BCUT2D eigenvalue weighted by Crippen LogP contribution is -2.57. The predicted molar refractivity (Wildman–Crippen MR) is 97.3 cm³/mol. The van der Waals surface area contributed by atoms with Gasteiger partial charge in [-0.3, -0.25) is 4.79 Å². The molecule has 1 aliphatic rings. The van der Waals surface area contributed by atoms with Crippen LogP contribution in [0.4, 0.5) is 0 Å². The van der Waals surface area contributed by atoms with Crippen LogP contribution < -0.4 is 5.63 Å². The van der Waals surface area contributed by atoms with Gasteiger partial charge in [0.15, 0.2) is 0 Å². The zero-order valence-corrected chi connectivity index (χ0v) is 15.7. The van der Waals surface area contributed by atoms with Gasteiger partial charge in [0.1, 0.15) is 11.6 Å². The topological polar surface area (TPSA) is 87.9 Å². The van der Waals surface area contributed by atoms with Gasteiger partial charge in [-0.1, -0.05) is 19.8 Å². The summed E-state index contributed by atoms with van der Waals surface area (Å²) in [7, 11) is -2.14. The quantitative estimate of drug-likeness (QED) is 0.741. The van der Waals surface area contributed by atoms with Crippen LogP contribution in [0.1, 0.15) is 26.2 Å². The molecule has 140 valence electrons. The van der Waals surface area contributed by atoms with Gasteiger partial charge < -0.3 is 9.32 Å². The van der Waals surface area contributed by atoms with Crippen molar-refractivity contribution in [2.45, 2.75) is 37.1 Å². The van der Waals surface area contributed by atoms with E-state index >= 15 is 0 Å². The summed E-state index contributed by atoms with van der Waals surface area (Å²) >= 11 is 0. The Balaban J connectivity index is 2.00. The van der Waals surface area contributed by atoms with Crippen molar-refractivity contribution in [3.05, 3.63) is 40.8 Å². The third-order valence-electron chi connectivity index (χ3n) is 4.69. The molecule has 2 aromatic rings. The minimum Gasteiger partial charge on any atom is -0.423 e. The number of carbonyl (C=O) groups excluding carboxylic acids is 1. The van der Waals surface area contributed by atoms with Crippen LogP contribution >= 0.6 is 0 Å². The highest BCUT2D eigenvalue weighted by molar-refractivity contribution is 7.89. The Labute approximate surface area is 152 Å². The SMILES string of the molecule is CCCCC1C(=O)N(C)CCN1S(=O)(=O)c1ccc2oc(=O)ccc2c1. The summed E-state index contributed by atoms with van der Waals surface area (Å²) in [5.41, 5.74) is -0.161. The third-order valence-corrected chi connectivity index (χ3v) is 6.60. The molecule has 8 heteroatoms.